The van der Waals surface area contributed by atoms with Crippen molar-refractivity contribution in [1.29, 1.82) is 0 Å². The molecule has 1 fully saturated rings. The fourth-order valence-electron chi connectivity index (χ4n) is 3.20. The van der Waals surface area contributed by atoms with Gasteiger partial charge < -0.3 is 10.2 Å². The summed E-state index contributed by atoms with van der Waals surface area (Å²) in [6.07, 6.45) is 9.28. The fourth-order valence-corrected chi connectivity index (χ4v) is 3.20. The molecule has 0 atom stereocenters. The molecule has 21 heavy (non-hydrogen) atoms. The molecule has 1 aliphatic carbocycles. The van der Waals surface area contributed by atoms with Gasteiger partial charge in [-0.2, -0.15) is 0 Å². The van der Waals surface area contributed by atoms with E-state index in [4.69, 9.17) is 0 Å². The number of aromatic nitrogens is 1. The highest BCUT2D eigenvalue weighted by molar-refractivity contribution is 5.52. The van der Waals surface area contributed by atoms with Crippen molar-refractivity contribution >= 4 is 5.69 Å². The highest BCUT2D eigenvalue weighted by Gasteiger charge is 2.23. The Balaban J connectivity index is 2.01. The maximum absolute atomic E-state index is 4.35. The third kappa shape index (κ3) is 4.70. The number of nitrogens with zero attached hydrogens (tertiary/aromatic N) is 2. The van der Waals surface area contributed by atoms with E-state index < -0.39 is 0 Å². The van der Waals surface area contributed by atoms with Crippen molar-refractivity contribution in [3.05, 3.63) is 24.0 Å². The third-order valence-electron chi connectivity index (χ3n) is 4.67. The smallest absolute Gasteiger partial charge is 0.0598 e. The Morgan fingerprint density at radius 2 is 2.00 bits per heavy atom. The van der Waals surface area contributed by atoms with Crippen LogP contribution in [0, 0.1) is 11.8 Å². The molecule has 0 aromatic carbocycles. The summed E-state index contributed by atoms with van der Waals surface area (Å²) >= 11 is 0. The maximum Gasteiger partial charge on any atom is 0.0598 e. The van der Waals surface area contributed by atoms with Gasteiger partial charge in [0.1, 0.15) is 0 Å². The van der Waals surface area contributed by atoms with Crippen molar-refractivity contribution in [3.8, 4) is 0 Å². The molecule has 3 nitrogen and oxygen atoms in total. The molecule has 0 aliphatic heterocycles. The van der Waals surface area contributed by atoms with Crippen LogP contribution in [-0.4, -0.2) is 24.6 Å². The Morgan fingerprint density at radius 3 is 2.67 bits per heavy atom. The number of nitrogens with one attached hydrogen (secondary N) is 1. The van der Waals surface area contributed by atoms with Gasteiger partial charge in [0.15, 0.2) is 0 Å². The van der Waals surface area contributed by atoms with Gasteiger partial charge in [0.25, 0.3) is 0 Å². The lowest BCUT2D eigenvalue weighted by Gasteiger charge is -2.36. The molecule has 1 N–H and O–H groups in total. The van der Waals surface area contributed by atoms with E-state index in [2.05, 4.69) is 49.1 Å². The highest BCUT2D eigenvalue weighted by atomic mass is 15.1. The summed E-state index contributed by atoms with van der Waals surface area (Å²) in [6.45, 7) is 8.86. The van der Waals surface area contributed by atoms with Crippen LogP contribution in [-0.2, 0) is 6.54 Å². The van der Waals surface area contributed by atoms with Gasteiger partial charge in [0, 0.05) is 25.8 Å². The van der Waals surface area contributed by atoms with Crippen LogP contribution >= 0.6 is 0 Å². The van der Waals surface area contributed by atoms with E-state index in [0.29, 0.717) is 12.0 Å². The van der Waals surface area contributed by atoms with Crippen LogP contribution < -0.4 is 10.2 Å². The third-order valence-corrected chi connectivity index (χ3v) is 4.67. The van der Waals surface area contributed by atoms with Crippen LogP contribution in [0.15, 0.2) is 18.5 Å². The molecule has 3 heteroatoms. The van der Waals surface area contributed by atoms with Gasteiger partial charge in [-0.25, -0.2) is 0 Å². The summed E-state index contributed by atoms with van der Waals surface area (Å²) in [5.41, 5.74) is 2.67. The van der Waals surface area contributed by atoms with Crippen LogP contribution in [0.4, 0.5) is 5.69 Å². The lowest BCUT2D eigenvalue weighted by Crippen LogP contribution is -2.35. The van der Waals surface area contributed by atoms with E-state index >= 15 is 0 Å². The standard InChI is InChI=1S/C18H31N3/c1-14(2)11-20-12-16-9-10-19-13-18(16)21(4)17-7-5-15(3)6-8-17/h9-10,13-15,17,20H,5-8,11-12H2,1-4H3. The largest absolute Gasteiger partial charge is 0.370 e. The lowest BCUT2D eigenvalue weighted by molar-refractivity contribution is 0.340. The minimum absolute atomic E-state index is 0.675. The van der Waals surface area contributed by atoms with Crippen molar-refractivity contribution in [3.63, 3.8) is 0 Å². The molecule has 2 rings (SSSR count). The second-order valence-corrected chi connectivity index (χ2v) is 7.05. The van der Waals surface area contributed by atoms with E-state index in [0.717, 1.165) is 19.0 Å². The molecule has 1 aromatic rings. The topological polar surface area (TPSA) is 28.2 Å². The van der Waals surface area contributed by atoms with Crippen molar-refractivity contribution < 1.29 is 0 Å². The van der Waals surface area contributed by atoms with Crippen molar-refractivity contribution in [2.75, 3.05) is 18.5 Å². The lowest BCUT2D eigenvalue weighted by atomic mass is 9.86. The quantitative estimate of drug-likeness (QED) is 0.862. The number of hydrogen-bond acceptors (Lipinski definition) is 3. The number of hydrogen-bond donors (Lipinski definition) is 1. The average molecular weight is 289 g/mol. The molecule has 0 radical (unpaired) electrons. The fraction of sp³-hybridized carbons (Fsp3) is 0.722. The van der Waals surface area contributed by atoms with Crippen LogP contribution in [0.1, 0.15) is 52.0 Å². The molecule has 1 aliphatic rings. The number of pyridine rings is 1. The van der Waals surface area contributed by atoms with Gasteiger partial charge in [0.2, 0.25) is 0 Å². The summed E-state index contributed by atoms with van der Waals surface area (Å²) in [6, 6.07) is 2.83. The Hall–Kier alpha value is -1.09. The molecule has 0 amide bonds. The van der Waals surface area contributed by atoms with Crippen LogP contribution in [0.25, 0.3) is 0 Å². The summed E-state index contributed by atoms with van der Waals surface area (Å²) in [5, 5.41) is 3.55. The van der Waals surface area contributed by atoms with E-state index in [-0.39, 0.29) is 0 Å². The molecule has 0 unspecified atom stereocenters. The minimum Gasteiger partial charge on any atom is -0.370 e. The zero-order valence-electron chi connectivity index (χ0n) is 14.1. The Kier molecular flexibility index (Phi) is 6.04. The predicted molar refractivity (Wildman–Crippen MR) is 90.6 cm³/mol. The first-order valence-corrected chi connectivity index (χ1v) is 8.44. The van der Waals surface area contributed by atoms with Crippen molar-refractivity contribution in [2.45, 2.75) is 59.0 Å². The first kappa shape index (κ1) is 16.3. The summed E-state index contributed by atoms with van der Waals surface area (Å²) in [5.74, 6) is 1.59. The molecule has 0 spiro atoms. The van der Waals surface area contributed by atoms with Gasteiger partial charge in [-0.3, -0.25) is 4.98 Å². The second-order valence-electron chi connectivity index (χ2n) is 7.05. The zero-order valence-corrected chi connectivity index (χ0v) is 14.1. The van der Waals surface area contributed by atoms with E-state index in [9.17, 15) is 0 Å². The summed E-state index contributed by atoms with van der Waals surface area (Å²) in [4.78, 5) is 6.81. The molecule has 0 saturated heterocycles. The van der Waals surface area contributed by atoms with Crippen LogP contribution in [0.3, 0.4) is 0 Å². The first-order chi connectivity index (χ1) is 10.1. The van der Waals surface area contributed by atoms with Gasteiger partial charge >= 0.3 is 0 Å². The molecular formula is C18H31N3. The molecule has 1 aromatic heterocycles. The first-order valence-electron chi connectivity index (χ1n) is 8.44. The number of anilines is 1. The van der Waals surface area contributed by atoms with Crippen molar-refractivity contribution in [1.82, 2.24) is 10.3 Å². The monoisotopic (exact) mass is 289 g/mol. The predicted octanol–water partition coefficient (Wildman–Crippen LogP) is 3.84. The summed E-state index contributed by atoms with van der Waals surface area (Å²) in [7, 11) is 2.24. The maximum atomic E-state index is 4.35. The van der Waals surface area contributed by atoms with Gasteiger partial charge in [-0.15, -0.1) is 0 Å². The van der Waals surface area contributed by atoms with E-state index in [1.807, 2.05) is 12.4 Å². The van der Waals surface area contributed by atoms with E-state index in [1.54, 1.807) is 0 Å². The molecule has 118 valence electrons. The van der Waals surface area contributed by atoms with Gasteiger partial charge in [-0.1, -0.05) is 20.8 Å². The molecule has 1 saturated carbocycles. The Bertz CT molecular complexity index is 422. The normalized spacial score (nSPS) is 22.5. The van der Waals surface area contributed by atoms with Crippen LogP contribution in [0.5, 0.6) is 0 Å². The van der Waals surface area contributed by atoms with Crippen LogP contribution in [0.2, 0.25) is 0 Å². The molecular weight excluding hydrogens is 258 g/mol. The highest BCUT2D eigenvalue weighted by Crippen LogP contribution is 2.30. The Labute approximate surface area is 130 Å². The van der Waals surface area contributed by atoms with Crippen molar-refractivity contribution in [2.24, 2.45) is 11.8 Å². The van der Waals surface area contributed by atoms with Gasteiger partial charge in [-0.05, 0) is 55.7 Å². The van der Waals surface area contributed by atoms with Gasteiger partial charge in [0.05, 0.1) is 11.9 Å². The minimum atomic E-state index is 0.675. The summed E-state index contributed by atoms with van der Waals surface area (Å²) < 4.78 is 0. The average Bonchev–Trinajstić information content (AvgIpc) is 2.47. The SMILES string of the molecule is CC(C)CNCc1ccncc1N(C)C1CCC(C)CC1. The molecule has 0 bridgehead atoms. The number of rotatable bonds is 6. The second kappa shape index (κ2) is 7.79. The Morgan fingerprint density at radius 1 is 1.29 bits per heavy atom. The molecule has 1 heterocycles. The zero-order chi connectivity index (χ0) is 15.2. The van der Waals surface area contributed by atoms with E-state index in [1.165, 1.54) is 36.9 Å².